The molecule has 3 amide bonds. The minimum absolute atomic E-state index is 0.0993. The fraction of sp³-hybridized carbons (Fsp3) is 0.156. The van der Waals surface area contributed by atoms with Gasteiger partial charge in [0.2, 0.25) is 0 Å². The van der Waals surface area contributed by atoms with Gasteiger partial charge in [0.25, 0.3) is 23.4 Å². The molecule has 8 nitrogen and oxygen atoms in total. The van der Waals surface area contributed by atoms with E-state index in [-0.39, 0.29) is 29.6 Å². The van der Waals surface area contributed by atoms with Gasteiger partial charge in [-0.3, -0.25) is 24.5 Å². The summed E-state index contributed by atoms with van der Waals surface area (Å²) in [6, 6.07) is 30.4. The molecule has 1 fully saturated rings. The summed E-state index contributed by atoms with van der Waals surface area (Å²) in [7, 11) is 0. The number of hydrazine groups is 1. The highest BCUT2D eigenvalue weighted by Crippen LogP contribution is 2.61. The van der Waals surface area contributed by atoms with Crippen LogP contribution in [0.25, 0.3) is 0 Å². The molecule has 4 aromatic rings. The smallest absolute Gasteiger partial charge is 0.272 e. The number of hydrogen-bond acceptors (Lipinski definition) is 5. The second-order valence-corrected chi connectivity index (χ2v) is 10.4. The highest BCUT2D eigenvalue weighted by molar-refractivity contribution is 6.10. The molecule has 0 N–H and O–H groups in total. The van der Waals surface area contributed by atoms with Crippen molar-refractivity contribution in [3.05, 3.63) is 147 Å². The maximum absolute atomic E-state index is 14.3. The molecule has 0 aromatic heterocycles. The van der Waals surface area contributed by atoms with Gasteiger partial charge in [-0.25, -0.2) is 5.01 Å². The van der Waals surface area contributed by atoms with Gasteiger partial charge in [0, 0.05) is 17.9 Å². The van der Waals surface area contributed by atoms with Crippen LogP contribution in [0.4, 0.5) is 5.69 Å². The first kappa shape index (κ1) is 24.0. The molecule has 0 unspecified atom stereocenters. The van der Waals surface area contributed by atoms with Crippen LogP contribution in [0.15, 0.2) is 103 Å². The van der Waals surface area contributed by atoms with Crippen LogP contribution in [0.1, 0.15) is 50.0 Å². The monoisotopic (exact) mass is 529 g/mol. The SMILES string of the molecule is O=C(c1ccccc1[N+](=O)[O-])N(Cc1ccccc1)N1C(=O)[C@@H]2C3c4ccccc4C(c4ccccc43)[C@H]2C1=O. The largest absolute Gasteiger partial charge is 0.282 e. The third-order valence-corrected chi connectivity index (χ3v) is 8.41. The number of carbonyl (C=O) groups excluding carboxylic acids is 3. The Balaban J connectivity index is 1.37. The normalized spacial score (nSPS) is 21.9. The van der Waals surface area contributed by atoms with Crippen LogP contribution in [-0.2, 0) is 16.1 Å². The van der Waals surface area contributed by atoms with Crippen molar-refractivity contribution in [2.24, 2.45) is 11.8 Å². The van der Waals surface area contributed by atoms with Crippen molar-refractivity contribution >= 4 is 23.4 Å². The maximum Gasteiger partial charge on any atom is 0.282 e. The average Bonchev–Trinajstić information content (AvgIpc) is 3.26. The van der Waals surface area contributed by atoms with Gasteiger partial charge in [0.05, 0.1) is 23.3 Å². The Bertz CT molecular complexity index is 1600. The number of nitrogens with zero attached hydrogens (tertiary/aromatic N) is 3. The molecule has 1 aliphatic heterocycles. The van der Waals surface area contributed by atoms with Crippen molar-refractivity contribution < 1.29 is 19.3 Å². The van der Waals surface area contributed by atoms with Gasteiger partial charge >= 0.3 is 0 Å². The van der Waals surface area contributed by atoms with Gasteiger partial charge in [-0.15, -0.1) is 0 Å². The molecule has 0 spiro atoms. The molecule has 8 heteroatoms. The summed E-state index contributed by atoms with van der Waals surface area (Å²) in [5, 5.41) is 13.9. The summed E-state index contributed by atoms with van der Waals surface area (Å²) >= 11 is 0. The lowest BCUT2D eigenvalue weighted by Crippen LogP contribution is -2.50. The number of nitro benzene ring substituents is 1. The fourth-order valence-electron chi connectivity index (χ4n) is 6.84. The first-order valence-corrected chi connectivity index (χ1v) is 13.1. The molecular weight excluding hydrogens is 506 g/mol. The third kappa shape index (κ3) is 3.35. The summed E-state index contributed by atoms with van der Waals surface area (Å²) < 4.78 is 0. The van der Waals surface area contributed by atoms with E-state index >= 15 is 0 Å². The number of para-hydroxylation sites is 1. The number of hydrogen-bond donors (Lipinski definition) is 0. The van der Waals surface area contributed by atoms with Crippen LogP contribution < -0.4 is 0 Å². The van der Waals surface area contributed by atoms with E-state index in [4.69, 9.17) is 0 Å². The predicted molar refractivity (Wildman–Crippen MR) is 145 cm³/mol. The lowest BCUT2D eigenvalue weighted by atomic mass is 9.55. The van der Waals surface area contributed by atoms with E-state index in [0.717, 1.165) is 32.3 Å². The van der Waals surface area contributed by atoms with Crippen molar-refractivity contribution in [2.75, 3.05) is 0 Å². The van der Waals surface area contributed by atoms with Crippen LogP contribution in [0.2, 0.25) is 0 Å². The van der Waals surface area contributed by atoms with E-state index in [9.17, 15) is 24.5 Å². The molecule has 2 bridgehead atoms. The second kappa shape index (κ2) is 8.98. The van der Waals surface area contributed by atoms with Gasteiger partial charge in [-0.05, 0) is 33.9 Å². The zero-order valence-electron chi connectivity index (χ0n) is 21.2. The molecule has 1 heterocycles. The molecule has 4 aromatic carbocycles. The van der Waals surface area contributed by atoms with Gasteiger partial charge in [0.15, 0.2) is 0 Å². The summed E-state index contributed by atoms with van der Waals surface area (Å²) in [4.78, 5) is 53.9. The van der Waals surface area contributed by atoms with Crippen molar-refractivity contribution in [1.82, 2.24) is 10.0 Å². The predicted octanol–water partition coefficient (Wildman–Crippen LogP) is 5.04. The van der Waals surface area contributed by atoms with Crippen LogP contribution >= 0.6 is 0 Å². The van der Waals surface area contributed by atoms with E-state index in [1.54, 1.807) is 24.3 Å². The average molecular weight is 530 g/mol. The molecule has 4 aliphatic rings. The molecular formula is C32H23N3O5. The Morgan fingerprint density at radius 1 is 0.700 bits per heavy atom. The quantitative estimate of drug-likeness (QED) is 0.205. The molecule has 2 atom stereocenters. The number of nitro groups is 1. The number of imide groups is 1. The summed E-state index contributed by atoms with van der Waals surface area (Å²) in [6.07, 6.45) is 0. The first-order valence-electron chi connectivity index (χ1n) is 13.1. The standard InChI is InChI=1S/C32H23N3O5/c36-30(24-16-8-9-17-25(24)35(39)40)33(18-19-10-2-1-3-11-19)34-31(37)28-26-20-12-4-5-13-21(20)27(29(28)32(34)38)23-15-7-6-14-22(23)26/h1-17,26-29H,18H2/t26?,27?,28-,29-/m1/s1. The number of amides is 3. The number of rotatable bonds is 5. The minimum Gasteiger partial charge on any atom is -0.272 e. The van der Waals surface area contributed by atoms with E-state index in [2.05, 4.69) is 0 Å². The van der Waals surface area contributed by atoms with E-state index in [1.807, 2.05) is 54.6 Å². The van der Waals surface area contributed by atoms with Gasteiger partial charge in [0.1, 0.15) is 5.56 Å². The second-order valence-electron chi connectivity index (χ2n) is 10.4. The van der Waals surface area contributed by atoms with Crippen LogP contribution in [0.5, 0.6) is 0 Å². The molecule has 8 rings (SSSR count). The van der Waals surface area contributed by atoms with Crippen LogP contribution in [0, 0.1) is 22.0 Å². The molecule has 196 valence electrons. The summed E-state index contributed by atoms with van der Waals surface area (Å²) in [5.41, 5.74) is 4.20. The summed E-state index contributed by atoms with van der Waals surface area (Å²) in [6.45, 7) is -0.0993. The van der Waals surface area contributed by atoms with E-state index in [0.29, 0.717) is 5.56 Å². The van der Waals surface area contributed by atoms with Crippen LogP contribution in [-0.4, -0.2) is 32.7 Å². The Labute approximate surface area is 229 Å². The van der Waals surface area contributed by atoms with Gasteiger partial charge in [-0.1, -0.05) is 91.0 Å². The fourth-order valence-corrected chi connectivity index (χ4v) is 6.84. The lowest BCUT2D eigenvalue weighted by Gasteiger charge is -2.45. The molecule has 0 saturated carbocycles. The zero-order chi connectivity index (χ0) is 27.5. The first-order chi connectivity index (χ1) is 19.5. The topological polar surface area (TPSA) is 101 Å². The number of carbonyl (C=O) groups is 3. The highest BCUT2D eigenvalue weighted by Gasteiger charge is 2.63. The molecule has 0 radical (unpaired) electrons. The zero-order valence-corrected chi connectivity index (χ0v) is 21.2. The molecule has 3 aliphatic carbocycles. The molecule has 40 heavy (non-hydrogen) atoms. The minimum atomic E-state index is -0.779. The van der Waals surface area contributed by atoms with E-state index < -0.39 is 34.5 Å². The van der Waals surface area contributed by atoms with Crippen LogP contribution in [0.3, 0.4) is 0 Å². The maximum atomic E-state index is 14.3. The highest BCUT2D eigenvalue weighted by atomic mass is 16.6. The summed E-state index contributed by atoms with van der Waals surface area (Å²) in [5.74, 6) is -3.72. The third-order valence-electron chi connectivity index (χ3n) is 8.41. The number of benzene rings is 4. The Morgan fingerprint density at radius 2 is 1.15 bits per heavy atom. The Hall–Kier alpha value is -5.11. The Morgan fingerprint density at radius 3 is 1.65 bits per heavy atom. The van der Waals surface area contributed by atoms with Crippen molar-refractivity contribution in [2.45, 2.75) is 18.4 Å². The lowest BCUT2D eigenvalue weighted by molar-refractivity contribution is -0.385. The Kier molecular flexibility index (Phi) is 5.38. The van der Waals surface area contributed by atoms with Crippen molar-refractivity contribution in [3.8, 4) is 0 Å². The van der Waals surface area contributed by atoms with E-state index in [1.165, 1.54) is 24.3 Å². The van der Waals surface area contributed by atoms with Gasteiger partial charge in [-0.2, -0.15) is 5.01 Å². The van der Waals surface area contributed by atoms with Crippen molar-refractivity contribution in [3.63, 3.8) is 0 Å². The van der Waals surface area contributed by atoms with Gasteiger partial charge < -0.3 is 0 Å². The molecule has 1 saturated heterocycles. The van der Waals surface area contributed by atoms with Crippen molar-refractivity contribution in [1.29, 1.82) is 0 Å².